The third kappa shape index (κ3) is 5.10. The van der Waals surface area contributed by atoms with Crippen molar-refractivity contribution in [1.82, 2.24) is 0 Å². The van der Waals surface area contributed by atoms with Gasteiger partial charge in [0.05, 0.1) is 0 Å². The average molecular weight is 254 g/mol. The quantitative estimate of drug-likeness (QED) is 0.802. The molecule has 1 amide bonds. The molecule has 0 saturated heterocycles. The number of amides is 1. The van der Waals surface area contributed by atoms with E-state index in [1.165, 1.54) is 0 Å². The van der Waals surface area contributed by atoms with Crippen molar-refractivity contribution >= 4 is 22.4 Å². The number of carbonyl (C=O) groups is 1. The highest BCUT2D eigenvalue weighted by molar-refractivity contribution is 7.85. The highest BCUT2D eigenvalue weighted by atomic mass is 32.2. The average Bonchev–Trinajstić information content (AvgIpc) is 2.30. The number of rotatable bonds is 6. The second-order valence-corrected chi connectivity index (χ2v) is 5.31. The standard InChI is InChI=1S/C12H18N2O2S/c1-2-7-17(16)9-12(15)14-11-5-3-10(8-13)4-6-11/h3-6H,2,7-9,13H2,1H3,(H,14,15). The molecule has 17 heavy (non-hydrogen) atoms. The third-order valence-electron chi connectivity index (χ3n) is 2.20. The molecule has 0 heterocycles. The first-order valence-electron chi connectivity index (χ1n) is 5.59. The molecule has 0 saturated carbocycles. The summed E-state index contributed by atoms with van der Waals surface area (Å²) in [6.45, 7) is 2.43. The molecule has 1 unspecified atom stereocenters. The Balaban J connectivity index is 2.47. The first kappa shape index (κ1) is 13.9. The lowest BCUT2D eigenvalue weighted by Crippen LogP contribution is -2.20. The monoisotopic (exact) mass is 254 g/mol. The minimum Gasteiger partial charge on any atom is -0.326 e. The molecule has 0 radical (unpaired) electrons. The summed E-state index contributed by atoms with van der Waals surface area (Å²) in [6.07, 6.45) is 0.824. The zero-order valence-electron chi connectivity index (χ0n) is 9.94. The molecular formula is C12H18N2O2S. The normalized spacial score (nSPS) is 12.1. The van der Waals surface area contributed by atoms with Crippen molar-refractivity contribution in [3.63, 3.8) is 0 Å². The lowest BCUT2D eigenvalue weighted by atomic mass is 10.2. The van der Waals surface area contributed by atoms with Gasteiger partial charge in [0.2, 0.25) is 5.91 Å². The van der Waals surface area contributed by atoms with E-state index in [1.807, 2.05) is 19.1 Å². The zero-order chi connectivity index (χ0) is 12.7. The Bertz CT molecular complexity index is 390. The molecule has 0 bridgehead atoms. The molecule has 0 aromatic heterocycles. The van der Waals surface area contributed by atoms with Crippen LogP contribution in [0.3, 0.4) is 0 Å². The van der Waals surface area contributed by atoms with Crippen LogP contribution < -0.4 is 11.1 Å². The summed E-state index contributed by atoms with van der Waals surface area (Å²) in [5.74, 6) is 0.420. The second kappa shape index (κ2) is 7.19. The molecule has 1 aromatic carbocycles. The molecule has 0 spiro atoms. The van der Waals surface area contributed by atoms with Gasteiger partial charge in [-0.2, -0.15) is 0 Å². The van der Waals surface area contributed by atoms with E-state index in [4.69, 9.17) is 5.73 Å². The van der Waals surface area contributed by atoms with Gasteiger partial charge in [0.25, 0.3) is 0 Å². The molecule has 5 heteroatoms. The molecule has 3 N–H and O–H groups in total. The van der Waals surface area contributed by atoms with Crippen LogP contribution in [0.2, 0.25) is 0 Å². The van der Waals surface area contributed by atoms with E-state index in [0.717, 1.165) is 12.0 Å². The van der Waals surface area contributed by atoms with Crippen LogP contribution in [-0.2, 0) is 22.1 Å². The van der Waals surface area contributed by atoms with Gasteiger partial charge in [-0.05, 0) is 24.1 Å². The maximum absolute atomic E-state index is 11.5. The van der Waals surface area contributed by atoms with Gasteiger partial charge in [-0.1, -0.05) is 19.1 Å². The minimum atomic E-state index is -1.06. The van der Waals surface area contributed by atoms with E-state index in [-0.39, 0.29) is 11.7 Å². The largest absolute Gasteiger partial charge is 0.326 e. The smallest absolute Gasteiger partial charge is 0.236 e. The van der Waals surface area contributed by atoms with Crippen LogP contribution in [0.5, 0.6) is 0 Å². The maximum Gasteiger partial charge on any atom is 0.236 e. The van der Waals surface area contributed by atoms with Crippen molar-refractivity contribution in [3.8, 4) is 0 Å². The molecule has 0 aliphatic carbocycles. The number of carbonyl (C=O) groups excluding carboxylic acids is 1. The summed E-state index contributed by atoms with van der Waals surface area (Å²) in [7, 11) is -1.06. The van der Waals surface area contributed by atoms with Crippen LogP contribution in [0, 0.1) is 0 Å². The fourth-order valence-electron chi connectivity index (χ4n) is 1.37. The van der Waals surface area contributed by atoms with E-state index in [0.29, 0.717) is 18.0 Å². The number of hydrogen-bond acceptors (Lipinski definition) is 3. The molecule has 0 fully saturated rings. The summed E-state index contributed by atoms with van der Waals surface area (Å²) >= 11 is 0. The van der Waals surface area contributed by atoms with Gasteiger partial charge >= 0.3 is 0 Å². The Morgan fingerprint density at radius 2 is 2.00 bits per heavy atom. The van der Waals surface area contributed by atoms with Crippen molar-refractivity contribution in [2.75, 3.05) is 16.8 Å². The molecule has 4 nitrogen and oxygen atoms in total. The number of benzene rings is 1. The lowest BCUT2D eigenvalue weighted by Gasteiger charge is -2.05. The van der Waals surface area contributed by atoms with E-state index >= 15 is 0 Å². The van der Waals surface area contributed by atoms with Gasteiger partial charge in [-0.15, -0.1) is 0 Å². The van der Waals surface area contributed by atoms with Gasteiger partial charge in [-0.3, -0.25) is 9.00 Å². The van der Waals surface area contributed by atoms with Crippen LogP contribution in [-0.4, -0.2) is 21.6 Å². The fourth-order valence-corrected chi connectivity index (χ4v) is 2.33. The first-order chi connectivity index (χ1) is 8.15. The van der Waals surface area contributed by atoms with Gasteiger partial charge in [0, 0.05) is 28.8 Å². The molecule has 1 rings (SSSR count). The number of nitrogens with one attached hydrogen (secondary N) is 1. The van der Waals surface area contributed by atoms with Crippen molar-refractivity contribution in [1.29, 1.82) is 0 Å². The van der Waals surface area contributed by atoms with Crippen molar-refractivity contribution in [3.05, 3.63) is 29.8 Å². The van der Waals surface area contributed by atoms with E-state index in [1.54, 1.807) is 12.1 Å². The van der Waals surface area contributed by atoms with E-state index in [2.05, 4.69) is 5.32 Å². The summed E-state index contributed by atoms with van der Waals surface area (Å²) in [5, 5.41) is 2.71. The SMILES string of the molecule is CCCS(=O)CC(=O)Nc1ccc(CN)cc1. The molecule has 94 valence electrons. The number of hydrogen-bond donors (Lipinski definition) is 2. The number of nitrogens with two attached hydrogens (primary N) is 1. The van der Waals surface area contributed by atoms with Crippen LogP contribution in [0.15, 0.2) is 24.3 Å². The van der Waals surface area contributed by atoms with Gasteiger partial charge in [0.15, 0.2) is 0 Å². The van der Waals surface area contributed by atoms with Gasteiger partial charge in [-0.25, -0.2) is 0 Å². The van der Waals surface area contributed by atoms with E-state index < -0.39 is 10.8 Å². The second-order valence-electron chi connectivity index (χ2n) is 3.74. The predicted molar refractivity (Wildman–Crippen MR) is 71.1 cm³/mol. The Morgan fingerprint density at radius 3 is 2.53 bits per heavy atom. The molecular weight excluding hydrogens is 236 g/mol. The topological polar surface area (TPSA) is 72.2 Å². The van der Waals surface area contributed by atoms with Crippen LogP contribution in [0.25, 0.3) is 0 Å². The van der Waals surface area contributed by atoms with Gasteiger partial charge in [0.1, 0.15) is 5.75 Å². The van der Waals surface area contributed by atoms with Crippen molar-refractivity contribution in [2.45, 2.75) is 19.9 Å². The highest BCUT2D eigenvalue weighted by Gasteiger charge is 2.07. The Hall–Kier alpha value is -1.20. The summed E-state index contributed by atoms with van der Waals surface area (Å²) < 4.78 is 11.4. The molecule has 1 atom stereocenters. The Labute approximate surface area is 104 Å². The number of anilines is 1. The van der Waals surface area contributed by atoms with Crippen molar-refractivity contribution in [2.24, 2.45) is 5.73 Å². The maximum atomic E-state index is 11.5. The predicted octanol–water partition coefficient (Wildman–Crippen LogP) is 1.24. The highest BCUT2D eigenvalue weighted by Crippen LogP contribution is 2.08. The summed E-state index contributed by atoms with van der Waals surface area (Å²) in [5.41, 5.74) is 7.19. The molecule has 0 aliphatic rings. The summed E-state index contributed by atoms with van der Waals surface area (Å²) in [6, 6.07) is 7.31. The van der Waals surface area contributed by atoms with Crippen LogP contribution in [0.1, 0.15) is 18.9 Å². The van der Waals surface area contributed by atoms with Crippen LogP contribution >= 0.6 is 0 Å². The Kier molecular flexibility index (Phi) is 5.86. The third-order valence-corrected chi connectivity index (χ3v) is 3.65. The fraction of sp³-hybridized carbons (Fsp3) is 0.417. The van der Waals surface area contributed by atoms with E-state index in [9.17, 15) is 9.00 Å². The van der Waals surface area contributed by atoms with Crippen molar-refractivity contribution < 1.29 is 9.00 Å². The van der Waals surface area contributed by atoms with Gasteiger partial charge < -0.3 is 11.1 Å². The molecule has 0 aliphatic heterocycles. The summed E-state index contributed by atoms with van der Waals surface area (Å²) in [4.78, 5) is 11.5. The zero-order valence-corrected chi connectivity index (χ0v) is 10.8. The molecule has 1 aromatic rings. The Morgan fingerprint density at radius 1 is 1.35 bits per heavy atom. The van der Waals surface area contributed by atoms with Crippen LogP contribution in [0.4, 0.5) is 5.69 Å². The lowest BCUT2D eigenvalue weighted by molar-refractivity contribution is -0.113. The first-order valence-corrected chi connectivity index (χ1v) is 7.08. The minimum absolute atomic E-state index is 0.0620.